The highest BCUT2D eigenvalue weighted by Gasteiger charge is 2.23. The normalized spacial score (nSPS) is 11.3. The van der Waals surface area contributed by atoms with Crippen LogP contribution in [0.2, 0.25) is 0 Å². The molecule has 1 N–H and O–H groups in total. The Morgan fingerprint density at radius 3 is 2.32 bits per heavy atom. The van der Waals surface area contributed by atoms with Crippen molar-refractivity contribution in [1.29, 1.82) is 0 Å². The summed E-state index contributed by atoms with van der Waals surface area (Å²) in [6.07, 6.45) is 1.95. The highest BCUT2D eigenvalue weighted by molar-refractivity contribution is 7.98. The van der Waals surface area contributed by atoms with Crippen molar-refractivity contribution in [3.8, 4) is 0 Å². The van der Waals surface area contributed by atoms with Crippen LogP contribution in [0.15, 0.2) is 82.6 Å². The molecule has 0 fully saturated rings. The molecule has 3 aromatic rings. The first-order valence-corrected chi connectivity index (χ1v) is 14.9. The van der Waals surface area contributed by atoms with E-state index in [1.807, 2.05) is 6.26 Å². The average Bonchev–Trinajstić information content (AvgIpc) is 2.84. The maximum atomic E-state index is 13.1. The van der Waals surface area contributed by atoms with Gasteiger partial charge in [0.15, 0.2) is 0 Å². The molecule has 0 radical (unpaired) electrons. The summed E-state index contributed by atoms with van der Waals surface area (Å²) in [5, 5.41) is 2.93. The van der Waals surface area contributed by atoms with Gasteiger partial charge in [-0.3, -0.25) is 9.10 Å². The Hall–Kier alpha value is -2.42. The van der Waals surface area contributed by atoms with Crippen LogP contribution < -0.4 is 9.62 Å². The number of amides is 1. The Bertz CT molecular complexity index is 1190. The van der Waals surface area contributed by atoms with Gasteiger partial charge in [-0.05, 0) is 74.2 Å². The van der Waals surface area contributed by atoms with Crippen LogP contribution in [0.4, 0.5) is 5.69 Å². The van der Waals surface area contributed by atoms with Crippen molar-refractivity contribution in [2.75, 3.05) is 29.4 Å². The quantitative estimate of drug-likeness (QED) is 0.267. The third-order valence-corrected chi connectivity index (χ3v) is 8.93. The molecule has 8 heteroatoms. The predicted molar refractivity (Wildman–Crippen MR) is 145 cm³/mol. The smallest absolute Gasteiger partial charge is 0.264 e. The fraction of sp³-hybridized carbons (Fsp3) is 0.269. The number of hydrogen-bond acceptors (Lipinski definition) is 5. The van der Waals surface area contributed by atoms with Gasteiger partial charge < -0.3 is 5.32 Å². The standard InChI is InChI=1S/C26H30N2O3S3/c1-4-28(34(30,31)25-14-12-24(32-3)13-15-25)23-10-8-22(9-11-23)26(29)27-16-17-33-19-21-7-5-6-20(2)18-21/h5-15,18H,4,16-17,19H2,1-3H3,(H,27,29). The second-order valence-electron chi connectivity index (χ2n) is 7.69. The molecule has 0 saturated carbocycles. The molecular weight excluding hydrogens is 484 g/mol. The summed E-state index contributed by atoms with van der Waals surface area (Å²) in [5.41, 5.74) is 3.56. The van der Waals surface area contributed by atoms with Crippen LogP contribution in [0.5, 0.6) is 0 Å². The minimum atomic E-state index is -3.69. The molecule has 0 aliphatic rings. The Balaban J connectivity index is 1.56. The van der Waals surface area contributed by atoms with Gasteiger partial charge in [0.25, 0.3) is 15.9 Å². The predicted octanol–water partition coefficient (Wildman–Crippen LogP) is 5.60. The van der Waals surface area contributed by atoms with Crippen molar-refractivity contribution < 1.29 is 13.2 Å². The van der Waals surface area contributed by atoms with Crippen molar-refractivity contribution in [2.24, 2.45) is 0 Å². The van der Waals surface area contributed by atoms with Crippen LogP contribution in [-0.2, 0) is 15.8 Å². The van der Waals surface area contributed by atoms with Crippen molar-refractivity contribution in [2.45, 2.75) is 29.4 Å². The Morgan fingerprint density at radius 1 is 1.00 bits per heavy atom. The number of sulfonamides is 1. The van der Waals surface area contributed by atoms with Crippen LogP contribution in [0.1, 0.15) is 28.4 Å². The molecule has 180 valence electrons. The summed E-state index contributed by atoms with van der Waals surface area (Å²) < 4.78 is 27.6. The lowest BCUT2D eigenvalue weighted by Gasteiger charge is -2.23. The van der Waals surface area contributed by atoms with Crippen LogP contribution in [0.25, 0.3) is 0 Å². The minimum absolute atomic E-state index is 0.165. The third kappa shape index (κ3) is 6.81. The number of hydrogen-bond donors (Lipinski definition) is 1. The van der Waals surface area contributed by atoms with E-state index in [1.54, 1.807) is 79.0 Å². The van der Waals surface area contributed by atoms with E-state index in [1.165, 1.54) is 15.4 Å². The number of nitrogens with zero attached hydrogens (tertiary/aromatic N) is 1. The number of nitrogens with one attached hydrogen (secondary N) is 1. The van der Waals surface area contributed by atoms with Gasteiger partial charge in [-0.2, -0.15) is 11.8 Å². The van der Waals surface area contributed by atoms with Crippen molar-refractivity contribution in [1.82, 2.24) is 5.32 Å². The maximum absolute atomic E-state index is 13.1. The zero-order chi connectivity index (χ0) is 24.6. The molecule has 1 amide bonds. The summed E-state index contributed by atoms with van der Waals surface area (Å²) in [7, 11) is -3.69. The van der Waals surface area contributed by atoms with Crippen molar-refractivity contribution in [3.05, 3.63) is 89.5 Å². The second-order valence-corrected chi connectivity index (χ2v) is 11.5. The first kappa shape index (κ1) is 26.2. The first-order chi connectivity index (χ1) is 16.3. The second kappa shape index (κ2) is 12.3. The molecule has 0 bridgehead atoms. The summed E-state index contributed by atoms with van der Waals surface area (Å²) in [6.45, 7) is 4.73. The largest absolute Gasteiger partial charge is 0.351 e. The maximum Gasteiger partial charge on any atom is 0.264 e. The SMILES string of the molecule is CCN(c1ccc(C(=O)NCCSCc2cccc(C)c2)cc1)S(=O)(=O)c1ccc(SC)cc1. The molecule has 0 spiro atoms. The minimum Gasteiger partial charge on any atom is -0.351 e. The van der Waals surface area contributed by atoms with Gasteiger partial charge in [0.05, 0.1) is 10.6 Å². The van der Waals surface area contributed by atoms with Crippen LogP contribution >= 0.6 is 23.5 Å². The van der Waals surface area contributed by atoms with E-state index >= 15 is 0 Å². The van der Waals surface area contributed by atoms with E-state index in [0.29, 0.717) is 17.8 Å². The van der Waals surface area contributed by atoms with Crippen molar-refractivity contribution in [3.63, 3.8) is 0 Å². The topological polar surface area (TPSA) is 66.5 Å². The van der Waals surface area contributed by atoms with Crippen LogP contribution in [0.3, 0.4) is 0 Å². The molecule has 0 aliphatic carbocycles. The zero-order valence-corrected chi connectivity index (χ0v) is 22.1. The summed E-state index contributed by atoms with van der Waals surface area (Å²) >= 11 is 3.34. The van der Waals surface area contributed by atoms with Gasteiger partial charge >= 0.3 is 0 Å². The Kier molecular flexibility index (Phi) is 9.50. The third-order valence-electron chi connectivity index (χ3n) is 5.24. The van der Waals surface area contributed by atoms with E-state index < -0.39 is 10.0 Å². The number of carbonyl (C=O) groups is 1. The number of carbonyl (C=O) groups excluding carboxylic acids is 1. The molecule has 0 aromatic heterocycles. The molecular formula is C26H30N2O3S3. The van der Waals surface area contributed by atoms with Gasteiger partial charge in [-0.15, -0.1) is 11.8 Å². The van der Waals surface area contributed by atoms with Crippen LogP contribution in [0, 0.1) is 6.92 Å². The van der Waals surface area contributed by atoms with Crippen LogP contribution in [-0.4, -0.2) is 39.4 Å². The molecule has 5 nitrogen and oxygen atoms in total. The van der Waals surface area contributed by atoms with Gasteiger partial charge in [0.1, 0.15) is 0 Å². The zero-order valence-electron chi connectivity index (χ0n) is 19.7. The lowest BCUT2D eigenvalue weighted by Crippen LogP contribution is -2.31. The first-order valence-electron chi connectivity index (χ1n) is 11.0. The Labute approximate surface area is 211 Å². The van der Waals surface area contributed by atoms with E-state index in [-0.39, 0.29) is 17.3 Å². The molecule has 0 aliphatic heterocycles. The van der Waals surface area contributed by atoms with Gasteiger partial charge in [-0.25, -0.2) is 8.42 Å². The highest BCUT2D eigenvalue weighted by atomic mass is 32.2. The summed E-state index contributed by atoms with van der Waals surface area (Å²) in [6, 6.07) is 22.0. The Morgan fingerprint density at radius 2 is 1.71 bits per heavy atom. The molecule has 3 aromatic carbocycles. The molecule has 0 heterocycles. The number of thioether (sulfide) groups is 2. The fourth-order valence-corrected chi connectivity index (χ4v) is 6.16. The van der Waals surface area contributed by atoms with Gasteiger partial charge in [0, 0.05) is 35.1 Å². The van der Waals surface area contributed by atoms with E-state index in [0.717, 1.165) is 16.4 Å². The van der Waals surface area contributed by atoms with Crippen molar-refractivity contribution >= 4 is 45.1 Å². The van der Waals surface area contributed by atoms with E-state index in [9.17, 15) is 13.2 Å². The monoisotopic (exact) mass is 514 g/mol. The van der Waals surface area contributed by atoms with Gasteiger partial charge in [0.2, 0.25) is 0 Å². The average molecular weight is 515 g/mol. The lowest BCUT2D eigenvalue weighted by molar-refractivity contribution is 0.0956. The van der Waals surface area contributed by atoms with E-state index in [2.05, 4.69) is 36.5 Å². The summed E-state index contributed by atoms with van der Waals surface area (Å²) in [5.74, 6) is 1.56. The number of aryl methyl sites for hydroxylation is 1. The molecule has 0 saturated heterocycles. The molecule has 0 atom stereocenters. The van der Waals surface area contributed by atoms with E-state index in [4.69, 9.17) is 0 Å². The molecule has 3 rings (SSSR count). The summed E-state index contributed by atoms with van der Waals surface area (Å²) in [4.78, 5) is 13.8. The highest BCUT2D eigenvalue weighted by Crippen LogP contribution is 2.25. The molecule has 34 heavy (non-hydrogen) atoms. The number of benzene rings is 3. The lowest BCUT2D eigenvalue weighted by atomic mass is 10.2. The van der Waals surface area contributed by atoms with Gasteiger partial charge in [-0.1, -0.05) is 29.8 Å². The number of anilines is 1. The molecule has 0 unspecified atom stereocenters. The number of rotatable bonds is 11. The fourth-order valence-electron chi connectivity index (χ4n) is 3.48.